The Morgan fingerprint density at radius 3 is 2.78 bits per heavy atom. The molecule has 0 aliphatic rings. The monoisotopic (exact) mass is 331 g/mol. The first-order valence-corrected chi connectivity index (χ1v) is 7.52. The van der Waals surface area contributed by atoms with Crippen molar-refractivity contribution in [2.45, 2.75) is 0 Å². The van der Waals surface area contributed by atoms with Gasteiger partial charge in [0.2, 0.25) is 5.91 Å². The molecule has 0 bridgehead atoms. The number of hydrogen-bond acceptors (Lipinski definition) is 3. The number of benzene rings is 2. The number of amides is 1. The highest BCUT2D eigenvalue weighted by Gasteiger charge is 2.01. The van der Waals surface area contributed by atoms with E-state index in [2.05, 4.69) is 5.32 Å². The normalized spacial score (nSPS) is 10.7. The predicted molar refractivity (Wildman–Crippen MR) is 92.9 cm³/mol. The molecule has 0 spiro atoms. The number of carbonyl (C=O) groups is 1. The summed E-state index contributed by atoms with van der Waals surface area (Å²) in [5, 5.41) is 3.38. The molecule has 0 radical (unpaired) electrons. The van der Waals surface area contributed by atoms with Gasteiger partial charge in [-0.3, -0.25) is 4.79 Å². The van der Waals surface area contributed by atoms with E-state index in [-0.39, 0.29) is 5.91 Å². The molecule has 0 fully saturated rings. The van der Waals surface area contributed by atoms with Gasteiger partial charge in [0, 0.05) is 30.0 Å². The van der Waals surface area contributed by atoms with Gasteiger partial charge in [0.1, 0.15) is 12.4 Å². The van der Waals surface area contributed by atoms with Gasteiger partial charge in [-0.1, -0.05) is 35.9 Å². The maximum Gasteiger partial charge on any atom is 0.248 e. The molecule has 2 aromatic rings. The van der Waals surface area contributed by atoms with E-state index in [1.54, 1.807) is 31.4 Å². The summed E-state index contributed by atoms with van der Waals surface area (Å²) in [5.41, 5.74) is 1.45. The Morgan fingerprint density at radius 2 is 2.00 bits per heavy atom. The number of hydrogen-bond donors (Lipinski definition) is 1. The summed E-state index contributed by atoms with van der Waals surface area (Å²) in [6, 6.07) is 14.5. The highest BCUT2D eigenvalue weighted by molar-refractivity contribution is 6.32. The van der Waals surface area contributed by atoms with Gasteiger partial charge in [0.05, 0.1) is 6.61 Å². The highest BCUT2D eigenvalue weighted by atomic mass is 35.5. The van der Waals surface area contributed by atoms with Crippen molar-refractivity contribution in [1.82, 2.24) is 0 Å². The molecule has 5 heteroatoms. The predicted octanol–water partition coefficient (Wildman–Crippen LogP) is 4.02. The largest absolute Gasteiger partial charge is 0.491 e. The standard InChI is InChI=1S/C18H18ClNO3/c1-22-11-12-23-16-7-4-6-15(13-16)20-18(21)10-9-14-5-2-3-8-17(14)19/h2-10,13H,11-12H2,1H3,(H,20,21)/b10-9+. The van der Waals surface area contributed by atoms with Crippen molar-refractivity contribution in [1.29, 1.82) is 0 Å². The van der Waals surface area contributed by atoms with Crippen molar-refractivity contribution in [2.24, 2.45) is 0 Å². The fourth-order valence-corrected chi connectivity index (χ4v) is 2.06. The molecule has 0 saturated carbocycles. The molecule has 1 amide bonds. The minimum absolute atomic E-state index is 0.237. The highest BCUT2D eigenvalue weighted by Crippen LogP contribution is 2.18. The lowest BCUT2D eigenvalue weighted by Gasteiger charge is -2.08. The Hall–Kier alpha value is -2.30. The van der Waals surface area contributed by atoms with Crippen LogP contribution in [0.1, 0.15) is 5.56 Å². The van der Waals surface area contributed by atoms with Gasteiger partial charge in [-0.05, 0) is 29.8 Å². The smallest absolute Gasteiger partial charge is 0.248 e. The first kappa shape index (κ1) is 17.1. The fraction of sp³-hybridized carbons (Fsp3) is 0.167. The molecule has 0 unspecified atom stereocenters. The Balaban J connectivity index is 1.95. The third-order valence-electron chi connectivity index (χ3n) is 2.98. The SMILES string of the molecule is COCCOc1cccc(NC(=O)/C=C/c2ccccc2Cl)c1. The second-order valence-electron chi connectivity index (χ2n) is 4.71. The zero-order chi connectivity index (χ0) is 16.5. The van der Waals surface area contributed by atoms with Crippen molar-refractivity contribution < 1.29 is 14.3 Å². The van der Waals surface area contributed by atoms with Crippen LogP contribution in [0.2, 0.25) is 5.02 Å². The molecule has 120 valence electrons. The van der Waals surface area contributed by atoms with E-state index >= 15 is 0 Å². The Labute approximate surface area is 140 Å². The summed E-state index contributed by atoms with van der Waals surface area (Å²) in [6.45, 7) is 0.970. The van der Waals surface area contributed by atoms with Crippen LogP contribution < -0.4 is 10.1 Å². The Kier molecular flexibility index (Phi) is 6.66. The van der Waals surface area contributed by atoms with E-state index in [9.17, 15) is 4.79 Å². The number of ether oxygens (including phenoxy) is 2. The molecule has 0 atom stereocenters. The number of methoxy groups -OCH3 is 1. The van der Waals surface area contributed by atoms with E-state index in [4.69, 9.17) is 21.1 Å². The second kappa shape index (κ2) is 8.98. The van der Waals surface area contributed by atoms with Crippen LogP contribution in [-0.4, -0.2) is 26.2 Å². The van der Waals surface area contributed by atoms with Crippen LogP contribution in [0.5, 0.6) is 5.75 Å². The lowest BCUT2D eigenvalue weighted by Crippen LogP contribution is -2.08. The summed E-state index contributed by atoms with van der Waals surface area (Å²) in [5.74, 6) is 0.439. The second-order valence-corrected chi connectivity index (χ2v) is 5.12. The minimum atomic E-state index is -0.237. The number of nitrogens with one attached hydrogen (secondary N) is 1. The molecule has 0 heterocycles. The number of carbonyl (C=O) groups excluding carboxylic acids is 1. The lowest BCUT2D eigenvalue weighted by molar-refractivity contribution is -0.111. The third-order valence-corrected chi connectivity index (χ3v) is 3.32. The molecule has 0 saturated heterocycles. The van der Waals surface area contributed by atoms with Crippen molar-refractivity contribution in [3.63, 3.8) is 0 Å². The van der Waals surface area contributed by atoms with E-state index in [0.29, 0.717) is 29.7 Å². The van der Waals surface area contributed by atoms with Crippen LogP contribution in [-0.2, 0) is 9.53 Å². The molecule has 1 N–H and O–H groups in total. The van der Waals surface area contributed by atoms with Crippen LogP contribution in [0, 0.1) is 0 Å². The number of anilines is 1. The first-order chi connectivity index (χ1) is 11.2. The molecule has 4 nitrogen and oxygen atoms in total. The van der Waals surface area contributed by atoms with Crippen molar-refractivity contribution >= 4 is 29.3 Å². The summed E-state index contributed by atoms with van der Waals surface area (Å²) in [7, 11) is 1.62. The zero-order valence-corrected chi connectivity index (χ0v) is 13.5. The average molecular weight is 332 g/mol. The number of rotatable bonds is 7. The van der Waals surface area contributed by atoms with Gasteiger partial charge >= 0.3 is 0 Å². The van der Waals surface area contributed by atoms with Gasteiger partial charge in [-0.15, -0.1) is 0 Å². The maximum absolute atomic E-state index is 12.0. The average Bonchev–Trinajstić information content (AvgIpc) is 2.55. The van der Waals surface area contributed by atoms with E-state index in [0.717, 1.165) is 5.56 Å². The van der Waals surface area contributed by atoms with E-state index in [1.165, 1.54) is 6.08 Å². The zero-order valence-electron chi connectivity index (χ0n) is 12.8. The Bertz CT molecular complexity index is 685. The summed E-state index contributed by atoms with van der Waals surface area (Å²) >= 11 is 6.04. The van der Waals surface area contributed by atoms with Crippen molar-refractivity contribution in [3.8, 4) is 5.75 Å². The third kappa shape index (κ3) is 5.77. The van der Waals surface area contributed by atoms with Gasteiger partial charge in [-0.25, -0.2) is 0 Å². The van der Waals surface area contributed by atoms with Gasteiger partial charge in [0.15, 0.2) is 0 Å². The molecular weight excluding hydrogens is 314 g/mol. The molecule has 0 aromatic heterocycles. The topological polar surface area (TPSA) is 47.6 Å². The summed E-state index contributed by atoms with van der Waals surface area (Å²) in [4.78, 5) is 12.0. The molecular formula is C18H18ClNO3. The van der Waals surface area contributed by atoms with Crippen LogP contribution >= 0.6 is 11.6 Å². The van der Waals surface area contributed by atoms with Gasteiger partial charge in [-0.2, -0.15) is 0 Å². The quantitative estimate of drug-likeness (QED) is 0.616. The lowest BCUT2D eigenvalue weighted by atomic mass is 10.2. The maximum atomic E-state index is 12.0. The molecule has 23 heavy (non-hydrogen) atoms. The van der Waals surface area contributed by atoms with Crippen LogP contribution in [0.25, 0.3) is 6.08 Å². The fourth-order valence-electron chi connectivity index (χ4n) is 1.87. The first-order valence-electron chi connectivity index (χ1n) is 7.14. The van der Waals surface area contributed by atoms with Crippen molar-refractivity contribution in [2.75, 3.05) is 25.6 Å². The van der Waals surface area contributed by atoms with Crippen LogP contribution in [0.3, 0.4) is 0 Å². The Morgan fingerprint density at radius 1 is 1.17 bits per heavy atom. The van der Waals surface area contributed by atoms with Crippen LogP contribution in [0.4, 0.5) is 5.69 Å². The van der Waals surface area contributed by atoms with E-state index < -0.39 is 0 Å². The van der Waals surface area contributed by atoms with Gasteiger partial charge < -0.3 is 14.8 Å². The summed E-state index contributed by atoms with van der Waals surface area (Å²) < 4.78 is 10.4. The van der Waals surface area contributed by atoms with Crippen molar-refractivity contribution in [3.05, 3.63) is 65.2 Å². The van der Waals surface area contributed by atoms with Crippen LogP contribution in [0.15, 0.2) is 54.6 Å². The van der Waals surface area contributed by atoms with Gasteiger partial charge in [0.25, 0.3) is 0 Å². The molecule has 0 aliphatic heterocycles. The summed E-state index contributed by atoms with van der Waals surface area (Å²) in [6.07, 6.45) is 3.12. The molecule has 0 aliphatic carbocycles. The molecule has 2 aromatic carbocycles. The van der Waals surface area contributed by atoms with E-state index in [1.807, 2.05) is 30.3 Å². The minimum Gasteiger partial charge on any atom is -0.491 e. The molecule has 2 rings (SSSR count). The number of halogens is 1.